The second kappa shape index (κ2) is 21.3. The summed E-state index contributed by atoms with van der Waals surface area (Å²) in [5.74, 6) is -3.58. The van der Waals surface area contributed by atoms with Gasteiger partial charge in [0.15, 0.2) is 24.4 Å². The zero-order valence-corrected chi connectivity index (χ0v) is 25.1. The highest BCUT2D eigenvalue weighted by Crippen LogP contribution is 2.17. The monoisotopic (exact) mass is 636 g/mol. The van der Waals surface area contributed by atoms with E-state index in [1.807, 2.05) is 0 Å². The standard InChI is InChI=1S/2C14H22O8/c1-7(2)13(19)21-9(5-15)11(17)12(18)10(6-16)22-14(20)8(3)4;1-7(2)13(19)21-11(9(17)5-15)12(10(18)6-16)22-14(20)8(3)4/h2*9-12,15-18H,1,3,5-6H2,2,4H3. The molecule has 0 rings (SSSR count). The van der Waals surface area contributed by atoms with Gasteiger partial charge in [-0.05, 0) is 27.7 Å². The van der Waals surface area contributed by atoms with E-state index in [1.54, 1.807) is 0 Å². The number of esters is 4. The first kappa shape index (κ1) is 42.7. The average Bonchev–Trinajstić information content (AvgIpc) is 2.97. The van der Waals surface area contributed by atoms with E-state index >= 15 is 0 Å². The molecule has 0 aromatic heterocycles. The third-order valence-corrected chi connectivity index (χ3v) is 5.32. The molecule has 252 valence electrons. The lowest BCUT2D eigenvalue weighted by molar-refractivity contribution is -0.188. The minimum atomic E-state index is -1.79. The van der Waals surface area contributed by atoms with Crippen molar-refractivity contribution in [2.24, 2.45) is 0 Å². The fourth-order valence-electron chi connectivity index (χ4n) is 2.73. The van der Waals surface area contributed by atoms with E-state index < -0.39 is 99.1 Å². The van der Waals surface area contributed by atoms with E-state index in [0.29, 0.717) is 0 Å². The van der Waals surface area contributed by atoms with Crippen molar-refractivity contribution in [1.29, 1.82) is 0 Å². The molecule has 44 heavy (non-hydrogen) atoms. The molecule has 0 radical (unpaired) electrons. The zero-order valence-electron chi connectivity index (χ0n) is 25.1. The second-order valence-electron chi connectivity index (χ2n) is 9.59. The average molecular weight is 637 g/mol. The van der Waals surface area contributed by atoms with Crippen molar-refractivity contribution >= 4 is 23.9 Å². The van der Waals surface area contributed by atoms with Crippen LogP contribution in [0, 0.1) is 0 Å². The van der Waals surface area contributed by atoms with E-state index in [4.69, 9.17) is 39.4 Å². The molecule has 0 saturated carbocycles. The summed E-state index contributed by atoms with van der Waals surface area (Å²) in [7, 11) is 0. The van der Waals surface area contributed by atoms with E-state index in [9.17, 15) is 39.6 Å². The van der Waals surface area contributed by atoms with Gasteiger partial charge in [-0.1, -0.05) is 26.3 Å². The SMILES string of the molecule is C=C(C)C(=O)OC(C(O)CO)C(OC(=O)C(=C)C)C(O)CO.C=C(C)C(=O)OC(CO)C(O)C(O)C(CO)OC(=O)C(=C)C. The van der Waals surface area contributed by atoms with Gasteiger partial charge in [0.1, 0.15) is 24.4 Å². The molecule has 0 aliphatic rings. The number of aliphatic hydroxyl groups is 8. The first-order valence-corrected chi connectivity index (χ1v) is 12.9. The Balaban J connectivity index is 0. The highest BCUT2D eigenvalue weighted by molar-refractivity contribution is 5.88. The van der Waals surface area contributed by atoms with Crippen molar-refractivity contribution < 1.29 is 79.0 Å². The highest BCUT2D eigenvalue weighted by Gasteiger charge is 2.39. The van der Waals surface area contributed by atoms with Gasteiger partial charge < -0.3 is 59.8 Å². The third kappa shape index (κ3) is 14.8. The third-order valence-electron chi connectivity index (χ3n) is 5.32. The predicted molar refractivity (Wildman–Crippen MR) is 151 cm³/mol. The summed E-state index contributed by atoms with van der Waals surface area (Å²) in [5.41, 5.74) is 0.0670. The summed E-state index contributed by atoms with van der Waals surface area (Å²) < 4.78 is 19.3. The zero-order chi connectivity index (χ0) is 34.9. The van der Waals surface area contributed by atoms with Gasteiger partial charge in [0.2, 0.25) is 0 Å². The van der Waals surface area contributed by atoms with Crippen LogP contribution in [-0.2, 0) is 38.1 Å². The molecule has 0 aliphatic heterocycles. The highest BCUT2D eigenvalue weighted by atomic mass is 16.6. The van der Waals surface area contributed by atoms with Crippen molar-refractivity contribution in [2.75, 3.05) is 26.4 Å². The maximum atomic E-state index is 11.6. The molecule has 0 bridgehead atoms. The quantitative estimate of drug-likeness (QED) is 0.0433. The first-order valence-electron chi connectivity index (χ1n) is 12.9. The summed E-state index contributed by atoms with van der Waals surface area (Å²) in [6, 6.07) is 0. The molecule has 8 atom stereocenters. The molecule has 0 aromatic rings. The number of rotatable bonds is 18. The smallest absolute Gasteiger partial charge is 0.333 e. The van der Waals surface area contributed by atoms with Crippen LogP contribution in [0.2, 0.25) is 0 Å². The molecular formula is C28H44O16. The molecule has 16 nitrogen and oxygen atoms in total. The predicted octanol–water partition coefficient (Wildman–Crippen LogP) is -2.66. The Morgan fingerprint density at radius 2 is 0.705 bits per heavy atom. The van der Waals surface area contributed by atoms with E-state index in [0.717, 1.165) is 0 Å². The maximum Gasteiger partial charge on any atom is 0.333 e. The molecule has 0 aliphatic carbocycles. The van der Waals surface area contributed by atoms with Gasteiger partial charge in [-0.15, -0.1) is 0 Å². The van der Waals surface area contributed by atoms with Crippen LogP contribution in [0.15, 0.2) is 48.6 Å². The molecule has 0 heterocycles. The summed E-state index contributed by atoms with van der Waals surface area (Å²) in [6.45, 7) is 15.6. The second-order valence-corrected chi connectivity index (χ2v) is 9.59. The van der Waals surface area contributed by atoms with Crippen molar-refractivity contribution in [3.63, 3.8) is 0 Å². The Morgan fingerprint density at radius 3 is 0.886 bits per heavy atom. The topological polar surface area (TPSA) is 267 Å². The van der Waals surface area contributed by atoms with Crippen molar-refractivity contribution in [3.8, 4) is 0 Å². The van der Waals surface area contributed by atoms with Gasteiger partial charge in [-0.25, -0.2) is 19.2 Å². The Labute approximate surface area is 254 Å². The number of aliphatic hydroxyl groups excluding tert-OH is 8. The van der Waals surface area contributed by atoms with Crippen LogP contribution < -0.4 is 0 Å². The number of hydrogen-bond acceptors (Lipinski definition) is 16. The Hall–Kier alpha value is -3.48. The van der Waals surface area contributed by atoms with Crippen molar-refractivity contribution in [1.82, 2.24) is 0 Å². The Kier molecular flexibility index (Phi) is 20.6. The van der Waals surface area contributed by atoms with Gasteiger partial charge in [-0.2, -0.15) is 0 Å². The van der Waals surface area contributed by atoms with E-state index in [2.05, 4.69) is 26.3 Å². The number of ether oxygens (including phenoxy) is 4. The largest absolute Gasteiger partial charge is 0.454 e. The van der Waals surface area contributed by atoms with Crippen LogP contribution in [0.5, 0.6) is 0 Å². The Bertz CT molecular complexity index is 941. The fraction of sp³-hybridized carbons (Fsp3) is 0.571. The van der Waals surface area contributed by atoms with Crippen LogP contribution in [-0.4, -0.2) is 140 Å². The molecule has 8 unspecified atom stereocenters. The van der Waals surface area contributed by atoms with E-state index in [-0.39, 0.29) is 22.3 Å². The van der Waals surface area contributed by atoms with Gasteiger partial charge in [0.05, 0.1) is 26.4 Å². The summed E-state index contributed by atoms with van der Waals surface area (Å²) >= 11 is 0. The van der Waals surface area contributed by atoms with Crippen LogP contribution in [0.4, 0.5) is 0 Å². The normalized spacial score (nSPS) is 16.1. The summed E-state index contributed by atoms with van der Waals surface area (Å²) in [5, 5.41) is 75.7. The first-order chi connectivity index (χ1) is 20.3. The minimum absolute atomic E-state index is 0.00129. The number of carbonyl (C=O) groups is 4. The molecule has 16 heteroatoms. The number of carbonyl (C=O) groups excluding carboxylic acids is 4. The molecule has 0 spiro atoms. The fourth-order valence-corrected chi connectivity index (χ4v) is 2.73. The van der Waals surface area contributed by atoms with Crippen molar-refractivity contribution in [2.45, 2.75) is 76.5 Å². The van der Waals surface area contributed by atoms with Crippen LogP contribution in [0.25, 0.3) is 0 Å². The van der Waals surface area contributed by atoms with E-state index in [1.165, 1.54) is 27.7 Å². The van der Waals surface area contributed by atoms with Gasteiger partial charge in [0, 0.05) is 22.3 Å². The molecule has 0 amide bonds. The lowest BCUT2D eigenvalue weighted by Crippen LogP contribution is -2.51. The Morgan fingerprint density at radius 1 is 0.477 bits per heavy atom. The molecule has 8 N–H and O–H groups in total. The van der Waals surface area contributed by atoms with Crippen molar-refractivity contribution in [3.05, 3.63) is 48.6 Å². The summed E-state index contributed by atoms with van der Waals surface area (Å²) in [4.78, 5) is 45.9. The molecule has 0 fully saturated rings. The van der Waals surface area contributed by atoms with Crippen LogP contribution >= 0.6 is 0 Å². The summed E-state index contributed by atoms with van der Waals surface area (Å²) in [6.07, 6.45) is -13.0. The number of hydrogen-bond donors (Lipinski definition) is 8. The van der Waals surface area contributed by atoms with Crippen LogP contribution in [0.3, 0.4) is 0 Å². The lowest BCUT2D eigenvalue weighted by atomic mass is 10.0. The van der Waals surface area contributed by atoms with Crippen LogP contribution in [0.1, 0.15) is 27.7 Å². The molecule has 0 aromatic carbocycles. The lowest BCUT2D eigenvalue weighted by Gasteiger charge is -2.32. The molecule has 0 saturated heterocycles. The van der Waals surface area contributed by atoms with Gasteiger partial charge in [-0.3, -0.25) is 0 Å². The molecular weight excluding hydrogens is 592 g/mol. The maximum absolute atomic E-state index is 11.6. The van der Waals surface area contributed by atoms with Gasteiger partial charge in [0.25, 0.3) is 0 Å². The van der Waals surface area contributed by atoms with Gasteiger partial charge >= 0.3 is 23.9 Å². The minimum Gasteiger partial charge on any atom is -0.454 e.